The molecule has 3 rings (SSSR count). The Hall–Kier alpha value is -1.99. The first-order valence-corrected chi connectivity index (χ1v) is 11.7. The number of carbonyl (C=O) groups is 1. The largest absolute Gasteiger partial charge is 0.313 e. The fourth-order valence-corrected chi connectivity index (χ4v) is 4.80. The number of rotatable bonds is 8. The van der Waals surface area contributed by atoms with E-state index in [0.29, 0.717) is 25.3 Å². The van der Waals surface area contributed by atoms with Crippen LogP contribution in [0.15, 0.2) is 41.7 Å². The maximum Gasteiger partial charge on any atom is 0.228 e. The highest BCUT2D eigenvalue weighted by Crippen LogP contribution is 2.22. The molecule has 0 aliphatic carbocycles. The molecule has 0 spiro atoms. The second-order valence-electron chi connectivity index (χ2n) is 7.40. The van der Waals surface area contributed by atoms with Crippen molar-refractivity contribution in [3.05, 3.63) is 47.8 Å². The normalized spacial score (nSPS) is 18.3. The van der Waals surface area contributed by atoms with Gasteiger partial charge in [0.15, 0.2) is 0 Å². The fourth-order valence-electron chi connectivity index (χ4n) is 3.81. The molecule has 0 radical (unpaired) electrons. The number of benzene rings is 1. The summed E-state index contributed by atoms with van der Waals surface area (Å²) < 4.78 is 26.9. The SMILES string of the molecule is CCC(=O)C1CCCN(Cc2cnc(S(=O)(=O)CC)n2Cc2ccccc2)C1. The Morgan fingerprint density at radius 3 is 2.61 bits per heavy atom. The fraction of sp³-hybridized carbons (Fsp3) is 0.524. The number of likely N-dealkylation sites (tertiary alicyclic amines) is 1. The van der Waals surface area contributed by atoms with Gasteiger partial charge < -0.3 is 4.57 Å². The lowest BCUT2D eigenvalue weighted by molar-refractivity contribution is -0.124. The third kappa shape index (κ3) is 4.70. The Labute approximate surface area is 167 Å². The van der Waals surface area contributed by atoms with E-state index in [2.05, 4.69) is 9.88 Å². The van der Waals surface area contributed by atoms with E-state index in [4.69, 9.17) is 0 Å². The van der Waals surface area contributed by atoms with Crippen molar-refractivity contribution in [3.63, 3.8) is 0 Å². The highest BCUT2D eigenvalue weighted by molar-refractivity contribution is 7.91. The van der Waals surface area contributed by atoms with Gasteiger partial charge in [-0.15, -0.1) is 0 Å². The molecule has 1 aromatic carbocycles. The van der Waals surface area contributed by atoms with Crippen molar-refractivity contribution < 1.29 is 13.2 Å². The summed E-state index contributed by atoms with van der Waals surface area (Å²) in [6.45, 7) is 6.28. The molecule has 1 aliphatic rings. The lowest BCUT2D eigenvalue weighted by Crippen LogP contribution is -2.38. The summed E-state index contributed by atoms with van der Waals surface area (Å²) in [5.41, 5.74) is 1.91. The van der Waals surface area contributed by atoms with Crippen LogP contribution < -0.4 is 0 Å². The molecular formula is C21H29N3O3S. The first-order valence-electron chi connectivity index (χ1n) is 10.0. The quantitative estimate of drug-likeness (QED) is 0.678. The maximum atomic E-state index is 12.6. The van der Waals surface area contributed by atoms with E-state index in [1.807, 2.05) is 41.8 Å². The van der Waals surface area contributed by atoms with E-state index in [1.54, 1.807) is 13.1 Å². The van der Waals surface area contributed by atoms with E-state index >= 15 is 0 Å². The van der Waals surface area contributed by atoms with E-state index in [1.165, 1.54) is 0 Å². The summed E-state index contributed by atoms with van der Waals surface area (Å²) in [6, 6.07) is 9.82. The van der Waals surface area contributed by atoms with E-state index in [0.717, 1.165) is 37.2 Å². The van der Waals surface area contributed by atoms with Crippen molar-refractivity contribution in [3.8, 4) is 0 Å². The molecule has 1 aliphatic heterocycles. The molecule has 0 saturated carbocycles. The van der Waals surface area contributed by atoms with Gasteiger partial charge in [-0.05, 0) is 24.9 Å². The minimum absolute atomic E-state index is 0.0229. The standard InChI is InChI=1S/C21H29N3O3S/c1-3-20(25)18-11-8-12-23(15-18)16-19-13-22-21(28(26,27)4-2)24(19)14-17-9-6-5-7-10-17/h5-7,9-10,13,18H,3-4,8,11-12,14-16H2,1-2H3. The number of nitrogens with zero attached hydrogens (tertiary/aromatic N) is 3. The number of Topliss-reactive ketones (excluding diaryl/α,β-unsaturated/α-hetero) is 1. The Balaban J connectivity index is 1.87. The molecule has 152 valence electrons. The Kier molecular flexibility index (Phi) is 6.67. The number of aromatic nitrogens is 2. The summed E-state index contributed by atoms with van der Waals surface area (Å²) in [4.78, 5) is 18.6. The van der Waals surface area contributed by atoms with Gasteiger partial charge in [-0.1, -0.05) is 44.2 Å². The molecule has 1 atom stereocenters. The summed E-state index contributed by atoms with van der Waals surface area (Å²) in [7, 11) is -3.42. The number of sulfone groups is 1. The van der Waals surface area contributed by atoms with Gasteiger partial charge in [-0.25, -0.2) is 13.4 Å². The lowest BCUT2D eigenvalue weighted by atomic mass is 9.92. The molecular weight excluding hydrogens is 374 g/mol. The molecule has 1 fully saturated rings. The average Bonchev–Trinajstić information content (AvgIpc) is 3.11. The average molecular weight is 404 g/mol. The van der Waals surface area contributed by atoms with Crippen LogP contribution in [0, 0.1) is 5.92 Å². The van der Waals surface area contributed by atoms with E-state index < -0.39 is 9.84 Å². The Morgan fingerprint density at radius 1 is 1.18 bits per heavy atom. The third-order valence-electron chi connectivity index (χ3n) is 5.44. The molecule has 2 aromatic rings. The predicted octanol–water partition coefficient (Wildman–Crippen LogP) is 2.92. The van der Waals surface area contributed by atoms with Crippen molar-refractivity contribution >= 4 is 15.6 Å². The first-order chi connectivity index (χ1) is 13.4. The zero-order valence-corrected chi connectivity index (χ0v) is 17.5. The zero-order valence-electron chi connectivity index (χ0n) is 16.7. The second-order valence-corrected chi connectivity index (χ2v) is 9.57. The van der Waals surface area contributed by atoms with E-state index in [-0.39, 0.29) is 16.8 Å². The molecule has 0 amide bonds. The minimum atomic E-state index is -3.42. The van der Waals surface area contributed by atoms with Crippen LogP contribution in [-0.4, -0.2) is 47.5 Å². The highest BCUT2D eigenvalue weighted by Gasteiger charge is 2.27. The van der Waals surface area contributed by atoms with Crippen LogP contribution in [0.2, 0.25) is 0 Å². The molecule has 1 unspecified atom stereocenters. The van der Waals surface area contributed by atoms with Gasteiger partial charge in [-0.3, -0.25) is 9.69 Å². The first kappa shape index (κ1) is 20.7. The van der Waals surface area contributed by atoms with Crippen LogP contribution in [0.1, 0.15) is 44.4 Å². The van der Waals surface area contributed by atoms with Crippen molar-refractivity contribution in [1.82, 2.24) is 14.5 Å². The van der Waals surface area contributed by atoms with Gasteiger partial charge in [0.2, 0.25) is 15.0 Å². The highest BCUT2D eigenvalue weighted by atomic mass is 32.2. The molecule has 28 heavy (non-hydrogen) atoms. The summed E-state index contributed by atoms with van der Waals surface area (Å²) in [5.74, 6) is 0.425. The number of hydrogen-bond donors (Lipinski definition) is 0. The number of carbonyl (C=O) groups excluding carboxylic acids is 1. The van der Waals surface area contributed by atoms with Gasteiger partial charge >= 0.3 is 0 Å². The van der Waals surface area contributed by atoms with Crippen LogP contribution in [0.4, 0.5) is 0 Å². The number of hydrogen-bond acceptors (Lipinski definition) is 5. The van der Waals surface area contributed by atoms with Crippen LogP contribution in [-0.2, 0) is 27.7 Å². The number of ketones is 1. The zero-order chi connectivity index (χ0) is 20.1. The van der Waals surface area contributed by atoms with Gasteiger partial charge in [0.05, 0.1) is 24.2 Å². The van der Waals surface area contributed by atoms with Crippen molar-refractivity contribution in [2.75, 3.05) is 18.8 Å². The summed E-state index contributed by atoms with van der Waals surface area (Å²) in [5, 5.41) is 0.132. The number of imidazole rings is 1. The van der Waals surface area contributed by atoms with Crippen molar-refractivity contribution in [2.24, 2.45) is 5.92 Å². The van der Waals surface area contributed by atoms with Gasteiger partial charge in [-0.2, -0.15) is 0 Å². The van der Waals surface area contributed by atoms with Crippen LogP contribution in [0.25, 0.3) is 0 Å². The molecule has 0 bridgehead atoms. The predicted molar refractivity (Wildman–Crippen MR) is 109 cm³/mol. The molecule has 2 heterocycles. The molecule has 7 heteroatoms. The lowest BCUT2D eigenvalue weighted by Gasteiger charge is -2.32. The Morgan fingerprint density at radius 2 is 1.93 bits per heavy atom. The summed E-state index contributed by atoms with van der Waals surface area (Å²) in [6.07, 6.45) is 4.19. The molecule has 1 aromatic heterocycles. The van der Waals surface area contributed by atoms with Crippen LogP contribution in [0.3, 0.4) is 0 Å². The molecule has 6 nitrogen and oxygen atoms in total. The summed E-state index contributed by atoms with van der Waals surface area (Å²) >= 11 is 0. The van der Waals surface area contributed by atoms with Gasteiger partial charge in [0.1, 0.15) is 5.78 Å². The third-order valence-corrected chi connectivity index (χ3v) is 7.08. The van der Waals surface area contributed by atoms with Crippen LogP contribution in [0.5, 0.6) is 0 Å². The topological polar surface area (TPSA) is 72.3 Å². The Bertz CT molecular complexity index is 906. The molecule has 1 saturated heterocycles. The van der Waals surface area contributed by atoms with Gasteiger partial charge in [0.25, 0.3) is 0 Å². The number of piperidine rings is 1. The van der Waals surface area contributed by atoms with Crippen molar-refractivity contribution in [1.29, 1.82) is 0 Å². The monoisotopic (exact) mass is 403 g/mol. The second kappa shape index (κ2) is 9.01. The minimum Gasteiger partial charge on any atom is -0.313 e. The molecule has 0 N–H and O–H groups in total. The smallest absolute Gasteiger partial charge is 0.228 e. The van der Waals surface area contributed by atoms with E-state index in [9.17, 15) is 13.2 Å². The van der Waals surface area contributed by atoms with Gasteiger partial charge in [0, 0.05) is 25.4 Å². The maximum absolute atomic E-state index is 12.6. The van der Waals surface area contributed by atoms with Crippen molar-refractivity contribution in [2.45, 2.75) is 51.4 Å². The van der Waals surface area contributed by atoms with Crippen LogP contribution >= 0.6 is 0 Å².